The van der Waals surface area contributed by atoms with E-state index in [0.29, 0.717) is 0 Å². The molecule has 0 aliphatic heterocycles. The van der Waals surface area contributed by atoms with Gasteiger partial charge in [0.2, 0.25) is 0 Å². The predicted octanol–water partition coefficient (Wildman–Crippen LogP) is 0.898. The van der Waals surface area contributed by atoms with E-state index in [-0.39, 0.29) is 38.5 Å². The van der Waals surface area contributed by atoms with Crippen LogP contribution >= 0.6 is 0 Å². The van der Waals surface area contributed by atoms with Gasteiger partial charge >= 0.3 is 24.1 Å². The van der Waals surface area contributed by atoms with Crippen molar-refractivity contribution in [2.45, 2.75) is 39.9 Å². The highest BCUT2D eigenvalue weighted by molar-refractivity contribution is 5.91. The van der Waals surface area contributed by atoms with Crippen LogP contribution in [0.2, 0.25) is 0 Å². The minimum Gasteiger partial charge on any atom is -0.461 e. The van der Waals surface area contributed by atoms with Crippen LogP contribution in [0, 0.1) is 0 Å². The first-order valence-electron chi connectivity index (χ1n) is 8.11. The van der Waals surface area contributed by atoms with Gasteiger partial charge in [0.1, 0.15) is 13.2 Å². The fourth-order valence-corrected chi connectivity index (χ4v) is 1.35. The highest BCUT2D eigenvalue weighted by Crippen LogP contribution is 1.90. The summed E-state index contributed by atoms with van der Waals surface area (Å²) < 4.78 is 19.2. The quantitative estimate of drug-likeness (QED) is 0.250. The first-order chi connectivity index (χ1) is 12.2. The van der Waals surface area contributed by atoms with Gasteiger partial charge in [-0.3, -0.25) is 0 Å². The minimum atomic E-state index is -0.764. The number of amides is 2. The van der Waals surface area contributed by atoms with Gasteiger partial charge in [-0.2, -0.15) is 0 Å². The summed E-state index contributed by atoms with van der Waals surface area (Å²) in [5, 5.41) is 4.78. The van der Waals surface area contributed by atoms with E-state index in [0.717, 1.165) is 12.2 Å². The lowest BCUT2D eigenvalue weighted by atomic mass is 10.5. The van der Waals surface area contributed by atoms with Gasteiger partial charge in [-0.05, 0) is 27.7 Å². The van der Waals surface area contributed by atoms with E-state index in [1.807, 2.05) is 0 Å². The van der Waals surface area contributed by atoms with Crippen LogP contribution in [0.3, 0.4) is 0 Å². The Morgan fingerprint density at radius 1 is 0.731 bits per heavy atom. The molecule has 10 heteroatoms. The summed E-state index contributed by atoms with van der Waals surface area (Å²) in [4.78, 5) is 45.0. The molecular weight excluding hydrogens is 348 g/mol. The number of hydrogen-bond donors (Lipinski definition) is 2. The second-order valence-corrected chi connectivity index (χ2v) is 5.43. The number of ether oxygens (including phenoxy) is 4. The molecule has 0 fully saturated rings. The second-order valence-electron chi connectivity index (χ2n) is 5.43. The maximum Gasteiger partial charge on any atom is 0.407 e. The highest BCUT2D eigenvalue weighted by Gasteiger charge is 2.06. The van der Waals surface area contributed by atoms with Gasteiger partial charge < -0.3 is 29.6 Å². The van der Waals surface area contributed by atoms with E-state index in [9.17, 15) is 19.2 Å². The number of alkyl carbamates (subject to hydrolysis) is 2. The van der Waals surface area contributed by atoms with Crippen LogP contribution in [0.5, 0.6) is 0 Å². The molecule has 0 aromatic carbocycles. The Balaban J connectivity index is 3.77. The van der Waals surface area contributed by atoms with Crippen molar-refractivity contribution in [1.82, 2.24) is 10.6 Å². The van der Waals surface area contributed by atoms with Crippen LogP contribution in [0.4, 0.5) is 9.59 Å². The molecule has 0 heterocycles. The van der Waals surface area contributed by atoms with Crippen LogP contribution in [0.15, 0.2) is 12.2 Å². The summed E-state index contributed by atoms with van der Waals surface area (Å²) in [5.74, 6) is -1.53. The molecule has 26 heavy (non-hydrogen) atoms. The molecule has 0 radical (unpaired) electrons. The number of nitrogens with one attached hydrogen (secondary N) is 2. The normalized spacial score (nSPS) is 10.5. The lowest BCUT2D eigenvalue weighted by Gasteiger charge is -2.09. The Bertz CT molecular complexity index is 458. The fraction of sp³-hybridized carbons (Fsp3) is 0.625. The standard InChI is InChI=1S/C16H26N2O8/c1-11(2)25-15(21)17-7-9-23-13(19)5-6-14(20)24-10-8-18-16(22)26-12(3)4/h5-6,11-12H,7-10H2,1-4H3,(H,17,21)(H,18,22)/b6-5+. The number of rotatable bonds is 10. The molecular formula is C16H26N2O8. The van der Waals surface area contributed by atoms with Gasteiger partial charge in [-0.1, -0.05) is 0 Å². The van der Waals surface area contributed by atoms with Gasteiger partial charge in [0.25, 0.3) is 0 Å². The lowest BCUT2D eigenvalue weighted by Crippen LogP contribution is -2.30. The molecule has 2 amide bonds. The molecule has 0 saturated heterocycles. The summed E-state index contributed by atoms with van der Waals surface area (Å²) in [7, 11) is 0. The fourth-order valence-electron chi connectivity index (χ4n) is 1.35. The van der Waals surface area contributed by atoms with Gasteiger partial charge in [0.05, 0.1) is 25.3 Å². The predicted molar refractivity (Wildman–Crippen MR) is 90.3 cm³/mol. The summed E-state index contributed by atoms with van der Waals surface area (Å²) in [6.45, 7) is 6.82. The van der Waals surface area contributed by atoms with Crippen LogP contribution in [-0.2, 0) is 28.5 Å². The molecule has 0 atom stereocenters. The first kappa shape index (κ1) is 23.2. The number of hydrogen-bond acceptors (Lipinski definition) is 8. The Morgan fingerprint density at radius 2 is 1.08 bits per heavy atom. The number of carbonyl (C=O) groups is 4. The van der Waals surface area contributed by atoms with Crippen LogP contribution in [0.25, 0.3) is 0 Å². The average Bonchev–Trinajstić information content (AvgIpc) is 2.52. The third-order valence-electron chi connectivity index (χ3n) is 2.27. The van der Waals surface area contributed by atoms with Crippen molar-refractivity contribution in [3.8, 4) is 0 Å². The molecule has 148 valence electrons. The average molecular weight is 374 g/mol. The third-order valence-corrected chi connectivity index (χ3v) is 2.27. The molecule has 0 saturated carbocycles. The summed E-state index contributed by atoms with van der Waals surface area (Å²) in [5.41, 5.74) is 0. The SMILES string of the molecule is CC(C)OC(=O)NCCOC(=O)/C=C/C(=O)OCCNC(=O)OC(C)C. The van der Waals surface area contributed by atoms with E-state index in [2.05, 4.69) is 10.6 Å². The van der Waals surface area contributed by atoms with Crippen molar-refractivity contribution in [2.24, 2.45) is 0 Å². The van der Waals surface area contributed by atoms with Crippen molar-refractivity contribution in [1.29, 1.82) is 0 Å². The molecule has 0 aromatic rings. The van der Waals surface area contributed by atoms with Crippen molar-refractivity contribution < 1.29 is 38.1 Å². The Kier molecular flexibility index (Phi) is 12.1. The first-order valence-corrected chi connectivity index (χ1v) is 8.11. The zero-order valence-corrected chi connectivity index (χ0v) is 15.4. The summed E-state index contributed by atoms with van der Waals surface area (Å²) >= 11 is 0. The molecule has 0 aliphatic carbocycles. The molecule has 0 aromatic heterocycles. The minimum absolute atomic E-state index is 0.0761. The van der Waals surface area contributed by atoms with E-state index in [1.54, 1.807) is 27.7 Å². The van der Waals surface area contributed by atoms with E-state index < -0.39 is 24.1 Å². The Hall–Kier alpha value is -2.78. The van der Waals surface area contributed by atoms with Gasteiger partial charge in [0.15, 0.2) is 0 Å². The van der Waals surface area contributed by atoms with Crippen LogP contribution in [-0.4, -0.2) is 62.6 Å². The summed E-state index contributed by atoms with van der Waals surface area (Å²) in [6, 6.07) is 0. The Labute approximate surface area is 152 Å². The van der Waals surface area contributed by atoms with Gasteiger partial charge in [-0.25, -0.2) is 19.2 Å². The maximum atomic E-state index is 11.4. The van der Waals surface area contributed by atoms with Crippen molar-refractivity contribution in [2.75, 3.05) is 26.3 Å². The summed E-state index contributed by atoms with van der Waals surface area (Å²) in [6.07, 6.45) is 0.0805. The van der Waals surface area contributed by atoms with E-state index in [1.165, 1.54) is 0 Å². The molecule has 10 nitrogen and oxygen atoms in total. The van der Waals surface area contributed by atoms with Crippen molar-refractivity contribution in [3.05, 3.63) is 12.2 Å². The van der Waals surface area contributed by atoms with Crippen LogP contribution < -0.4 is 10.6 Å². The zero-order chi connectivity index (χ0) is 19.9. The maximum absolute atomic E-state index is 11.4. The van der Waals surface area contributed by atoms with Crippen molar-refractivity contribution >= 4 is 24.1 Å². The third kappa shape index (κ3) is 14.8. The van der Waals surface area contributed by atoms with Gasteiger partial charge in [-0.15, -0.1) is 0 Å². The molecule has 0 unspecified atom stereocenters. The van der Waals surface area contributed by atoms with E-state index >= 15 is 0 Å². The van der Waals surface area contributed by atoms with E-state index in [4.69, 9.17) is 18.9 Å². The molecule has 0 aliphatic rings. The molecule has 2 N–H and O–H groups in total. The van der Waals surface area contributed by atoms with Gasteiger partial charge in [0, 0.05) is 12.2 Å². The molecule has 0 spiro atoms. The molecule has 0 bridgehead atoms. The lowest BCUT2D eigenvalue weighted by molar-refractivity contribution is -0.140. The zero-order valence-electron chi connectivity index (χ0n) is 15.4. The Morgan fingerprint density at radius 3 is 1.38 bits per heavy atom. The smallest absolute Gasteiger partial charge is 0.407 e. The number of carbonyl (C=O) groups excluding carboxylic acids is 4. The highest BCUT2D eigenvalue weighted by atomic mass is 16.6. The molecule has 0 rings (SSSR count). The largest absolute Gasteiger partial charge is 0.461 e. The number of esters is 2. The van der Waals surface area contributed by atoms with Crippen LogP contribution in [0.1, 0.15) is 27.7 Å². The monoisotopic (exact) mass is 374 g/mol. The second kappa shape index (κ2) is 13.5. The van der Waals surface area contributed by atoms with Crippen molar-refractivity contribution in [3.63, 3.8) is 0 Å². The topological polar surface area (TPSA) is 129 Å².